The molecule has 2 N–H and O–H groups in total. The van der Waals surface area contributed by atoms with E-state index in [0.29, 0.717) is 32.7 Å². The van der Waals surface area contributed by atoms with Crippen LogP contribution in [0.5, 0.6) is 0 Å². The molecule has 0 saturated carbocycles. The van der Waals surface area contributed by atoms with Crippen LogP contribution in [-0.2, 0) is 14.9 Å². The van der Waals surface area contributed by atoms with Crippen molar-refractivity contribution < 1.29 is 13.2 Å². The fraction of sp³-hybridized carbons (Fsp3) is 0.647. The van der Waals surface area contributed by atoms with E-state index in [4.69, 9.17) is 10.5 Å². The van der Waals surface area contributed by atoms with Crippen molar-refractivity contribution in [3.63, 3.8) is 0 Å². The fourth-order valence-corrected chi connectivity index (χ4v) is 5.67. The first-order chi connectivity index (χ1) is 11.4. The van der Waals surface area contributed by atoms with Gasteiger partial charge in [-0.1, -0.05) is 30.3 Å². The molecule has 0 amide bonds. The second-order valence-corrected chi connectivity index (χ2v) is 8.84. The Labute approximate surface area is 144 Å². The average molecular weight is 353 g/mol. The van der Waals surface area contributed by atoms with Gasteiger partial charge in [-0.25, -0.2) is 0 Å². The molecule has 0 spiro atoms. The second kappa shape index (κ2) is 7.09. The molecule has 2 unspecified atom stereocenters. The minimum Gasteiger partial charge on any atom is -0.373 e. The van der Waals surface area contributed by atoms with Crippen LogP contribution in [0.15, 0.2) is 30.3 Å². The summed E-state index contributed by atoms with van der Waals surface area (Å²) >= 11 is 0. The van der Waals surface area contributed by atoms with Gasteiger partial charge in [-0.2, -0.15) is 17.0 Å². The van der Waals surface area contributed by atoms with Crippen LogP contribution in [0.25, 0.3) is 0 Å². The minimum atomic E-state index is -3.48. The number of benzene rings is 1. The first kappa shape index (κ1) is 17.8. The molecule has 134 valence electrons. The molecule has 4 atom stereocenters. The molecule has 24 heavy (non-hydrogen) atoms. The molecule has 2 aliphatic heterocycles. The van der Waals surface area contributed by atoms with Gasteiger partial charge in [-0.05, 0) is 31.9 Å². The van der Waals surface area contributed by atoms with Crippen LogP contribution in [-0.4, -0.2) is 62.0 Å². The lowest BCUT2D eigenvalue weighted by Crippen LogP contribution is -2.52. The van der Waals surface area contributed by atoms with Crippen LogP contribution in [0.2, 0.25) is 0 Å². The SMILES string of the molecule is CC1CN(S(=O)(=O)N2C[C@@H](CN)[C@H](c3ccccc3)C2)CC(C)O1. The van der Waals surface area contributed by atoms with Crippen LogP contribution >= 0.6 is 0 Å². The van der Waals surface area contributed by atoms with Crippen molar-refractivity contribution in [3.05, 3.63) is 35.9 Å². The first-order valence-electron chi connectivity index (χ1n) is 8.57. The topological polar surface area (TPSA) is 75.9 Å². The van der Waals surface area contributed by atoms with Gasteiger partial charge in [-0.15, -0.1) is 0 Å². The lowest BCUT2D eigenvalue weighted by Gasteiger charge is -2.36. The molecule has 3 rings (SSSR count). The highest BCUT2D eigenvalue weighted by Crippen LogP contribution is 2.34. The quantitative estimate of drug-likeness (QED) is 0.877. The average Bonchev–Trinajstić information content (AvgIpc) is 3.00. The van der Waals surface area contributed by atoms with Crippen molar-refractivity contribution in [1.82, 2.24) is 8.61 Å². The van der Waals surface area contributed by atoms with Gasteiger partial charge >= 0.3 is 0 Å². The molecule has 2 aliphatic rings. The van der Waals surface area contributed by atoms with Gasteiger partial charge in [0.25, 0.3) is 10.2 Å². The van der Waals surface area contributed by atoms with Crippen LogP contribution < -0.4 is 5.73 Å². The smallest absolute Gasteiger partial charge is 0.282 e. The Balaban J connectivity index is 1.79. The molecule has 0 aliphatic carbocycles. The highest BCUT2D eigenvalue weighted by Gasteiger charge is 2.42. The molecule has 6 nitrogen and oxygen atoms in total. The van der Waals surface area contributed by atoms with Crippen molar-refractivity contribution in [3.8, 4) is 0 Å². The number of morpholine rings is 1. The Morgan fingerprint density at radius 3 is 2.21 bits per heavy atom. The van der Waals surface area contributed by atoms with E-state index in [-0.39, 0.29) is 24.0 Å². The highest BCUT2D eigenvalue weighted by atomic mass is 32.2. The van der Waals surface area contributed by atoms with Crippen molar-refractivity contribution in [2.24, 2.45) is 11.7 Å². The molecule has 0 aromatic heterocycles. The monoisotopic (exact) mass is 353 g/mol. The highest BCUT2D eigenvalue weighted by molar-refractivity contribution is 7.86. The normalized spacial score (nSPS) is 33.0. The van der Waals surface area contributed by atoms with E-state index in [2.05, 4.69) is 12.1 Å². The Hall–Kier alpha value is -0.990. The molecule has 0 bridgehead atoms. The van der Waals surface area contributed by atoms with Crippen LogP contribution in [0, 0.1) is 5.92 Å². The van der Waals surface area contributed by atoms with Crippen LogP contribution in [0.1, 0.15) is 25.3 Å². The third-order valence-corrected chi connectivity index (χ3v) is 6.88. The number of nitrogens with two attached hydrogens (primary N) is 1. The van der Waals surface area contributed by atoms with Gasteiger partial charge in [0.15, 0.2) is 0 Å². The predicted molar refractivity (Wildman–Crippen MR) is 93.8 cm³/mol. The Bertz CT molecular complexity index is 642. The zero-order valence-electron chi connectivity index (χ0n) is 14.3. The summed E-state index contributed by atoms with van der Waals surface area (Å²) in [5, 5.41) is 0. The third kappa shape index (κ3) is 3.50. The lowest BCUT2D eigenvalue weighted by molar-refractivity contribution is -0.0453. The van der Waals surface area contributed by atoms with E-state index >= 15 is 0 Å². The minimum absolute atomic E-state index is 0.0821. The maximum Gasteiger partial charge on any atom is 0.282 e. The predicted octanol–water partition coefficient (Wildman–Crippen LogP) is 1.01. The van der Waals surface area contributed by atoms with Gasteiger partial charge in [-0.3, -0.25) is 0 Å². The molecule has 1 aromatic rings. The second-order valence-electron chi connectivity index (χ2n) is 6.91. The zero-order valence-corrected chi connectivity index (χ0v) is 15.2. The lowest BCUT2D eigenvalue weighted by atomic mass is 9.89. The molecular formula is C17H27N3O3S. The maximum absolute atomic E-state index is 13.1. The Kier molecular flexibility index (Phi) is 5.27. The molecule has 2 saturated heterocycles. The van der Waals surface area contributed by atoms with Gasteiger partial charge < -0.3 is 10.5 Å². The maximum atomic E-state index is 13.1. The van der Waals surface area contributed by atoms with Gasteiger partial charge in [0.1, 0.15) is 0 Å². The number of ether oxygens (including phenoxy) is 1. The van der Waals surface area contributed by atoms with E-state index in [0.717, 1.165) is 5.56 Å². The van der Waals surface area contributed by atoms with Crippen LogP contribution in [0.3, 0.4) is 0 Å². The summed E-state index contributed by atoms with van der Waals surface area (Å²) in [4.78, 5) is 0. The first-order valence-corrected chi connectivity index (χ1v) is 9.97. The van der Waals surface area contributed by atoms with Crippen LogP contribution in [0.4, 0.5) is 0 Å². The number of hydrogen-bond donors (Lipinski definition) is 1. The third-order valence-electron chi connectivity index (χ3n) is 4.98. The Morgan fingerprint density at radius 1 is 1.04 bits per heavy atom. The number of rotatable bonds is 4. The van der Waals surface area contributed by atoms with Crippen molar-refractivity contribution in [1.29, 1.82) is 0 Å². The molecular weight excluding hydrogens is 326 g/mol. The largest absolute Gasteiger partial charge is 0.373 e. The van der Waals surface area contributed by atoms with Crippen molar-refractivity contribution >= 4 is 10.2 Å². The summed E-state index contributed by atoms with van der Waals surface area (Å²) < 4.78 is 35.0. The van der Waals surface area contributed by atoms with E-state index in [1.807, 2.05) is 32.0 Å². The standard InChI is InChI=1S/C17H27N3O3S/c1-13-9-19(10-14(2)23-13)24(21,22)20-11-16(8-18)17(12-20)15-6-4-3-5-7-15/h3-7,13-14,16-17H,8-12,18H2,1-2H3/t13?,14?,16-,17+/m1/s1. The summed E-state index contributed by atoms with van der Waals surface area (Å²) in [6.07, 6.45) is -0.164. The molecule has 2 heterocycles. The molecule has 2 fully saturated rings. The van der Waals surface area contributed by atoms with Gasteiger partial charge in [0.2, 0.25) is 0 Å². The van der Waals surface area contributed by atoms with Gasteiger partial charge in [0, 0.05) is 32.1 Å². The Morgan fingerprint density at radius 2 is 1.62 bits per heavy atom. The summed E-state index contributed by atoms with van der Waals surface area (Å²) in [7, 11) is -3.48. The van der Waals surface area contributed by atoms with Crippen molar-refractivity contribution in [2.75, 3.05) is 32.7 Å². The molecule has 0 radical (unpaired) electrons. The molecule has 1 aromatic carbocycles. The van der Waals surface area contributed by atoms with E-state index < -0.39 is 10.2 Å². The number of hydrogen-bond acceptors (Lipinski definition) is 4. The number of nitrogens with zero attached hydrogens (tertiary/aromatic N) is 2. The van der Waals surface area contributed by atoms with E-state index in [9.17, 15) is 8.42 Å². The summed E-state index contributed by atoms with van der Waals surface area (Å²) in [5.74, 6) is 0.305. The summed E-state index contributed by atoms with van der Waals surface area (Å²) in [5.41, 5.74) is 7.10. The summed E-state index contributed by atoms with van der Waals surface area (Å²) in [6, 6.07) is 10.1. The van der Waals surface area contributed by atoms with Crippen molar-refractivity contribution in [2.45, 2.75) is 32.0 Å². The summed E-state index contributed by atoms with van der Waals surface area (Å²) in [6.45, 7) is 6.11. The zero-order chi connectivity index (χ0) is 17.3. The van der Waals surface area contributed by atoms with E-state index in [1.54, 1.807) is 8.61 Å². The molecule has 7 heteroatoms. The fourth-order valence-electron chi connectivity index (χ4n) is 3.82. The van der Waals surface area contributed by atoms with E-state index in [1.165, 1.54) is 0 Å². The van der Waals surface area contributed by atoms with Gasteiger partial charge in [0.05, 0.1) is 12.2 Å².